The molecule has 1 aliphatic carbocycles. The molecule has 3 rings (SSSR count). The third-order valence-electron chi connectivity index (χ3n) is 4.99. The Morgan fingerprint density at radius 2 is 1.79 bits per heavy atom. The monoisotopic (exact) mass is 334 g/mol. The normalized spacial score (nSPS) is 25.0. The Bertz CT molecular complexity index is 624. The summed E-state index contributed by atoms with van der Waals surface area (Å²) < 4.78 is 18.7. The SMILES string of the molecule is CN(C)C(=O)[C@@H]1C[C@@H]1C(=O)NC1(c2ccc(F)cc2)CCOCC1. The highest BCUT2D eigenvalue weighted by Crippen LogP contribution is 2.41. The van der Waals surface area contributed by atoms with Gasteiger partial charge in [-0.05, 0) is 37.0 Å². The van der Waals surface area contributed by atoms with E-state index in [1.165, 1.54) is 17.0 Å². The Labute approximate surface area is 141 Å². The molecule has 2 amide bonds. The maximum Gasteiger partial charge on any atom is 0.225 e. The summed E-state index contributed by atoms with van der Waals surface area (Å²) in [4.78, 5) is 26.2. The molecule has 1 N–H and O–H groups in total. The third-order valence-corrected chi connectivity index (χ3v) is 4.99. The molecule has 24 heavy (non-hydrogen) atoms. The molecule has 1 saturated heterocycles. The van der Waals surface area contributed by atoms with Gasteiger partial charge in [0.05, 0.1) is 17.4 Å². The summed E-state index contributed by atoms with van der Waals surface area (Å²) >= 11 is 0. The first-order valence-electron chi connectivity index (χ1n) is 8.30. The van der Waals surface area contributed by atoms with E-state index in [4.69, 9.17) is 4.74 Å². The van der Waals surface area contributed by atoms with E-state index in [1.54, 1.807) is 26.2 Å². The number of hydrogen-bond acceptors (Lipinski definition) is 3. The number of nitrogens with zero attached hydrogens (tertiary/aromatic N) is 1. The van der Waals surface area contributed by atoms with E-state index in [0.29, 0.717) is 32.5 Å². The summed E-state index contributed by atoms with van der Waals surface area (Å²) in [5, 5.41) is 3.14. The highest BCUT2D eigenvalue weighted by molar-refractivity contribution is 5.92. The van der Waals surface area contributed by atoms with Crippen molar-refractivity contribution in [3.05, 3.63) is 35.6 Å². The minimum atomic E-state index is -0.544. The van der Waals surface area contributed by atoms with Crippen molar-refractivity contribution in [1.29, 1.82) is 0 Å². The second kappa shape index (κ2) is 6.51. The van der Waals surface area contributed by atoms with Crippen LogP contribution in [0, 0.1) is 17.7 Å². The van der Waals surface area contributed by atoms with Gasteiger partial charge in [-0.1, -0.05) is 12.1 Å². The molecule has 0 spiro atoms. The van der Waals surface area contributed by atoms with Gasteiger partial charge in [-0.2, -0.15) is 0 Å². The molecule has 0 radical (unpaired) electrons. The summed E-state index contributed by atoms with van der Waals surface area (Å²) in [6.45, 7) is 1.09. The highest BCUT2D eigenvalue weighted by atomic mass is 19.1. The fourth-order valence-electron chi connectivity index (χ4n) is 3.39. The fraction of sp³-hybridized carbons (Fsp3) is 0.556. The Morgan fingerprint density at radius 3 is 2.38 bits per heavy atom. The van der Waals surface area contributed by atoms with Crippen LogP contribution in [0.5, 0.6) is 0 Å². The van der Waals surface area contributed by atoms with Gasteiger partial charge in [-0.25, -0.2) is 4.39 Å². The van der Waals surface area contributed by atoms with Crippen molar-refractivity contribution in [1.82, 2.24) is 10.2 Å². The van der Waals surface area contributed by atoms with Crippen LogP contribution in [0.3, 0.4) is 0 Å². The predicted molar refractivity (Wildman–Crippen MR) is 86.6 cm³/mol. The standard InChI is InChI=1S/C18H23FN2O3/c1-21(2)17(23)15-11-14(15)16(22)20-18(7-9-24-10-8-18)12-3-5-13(19)6-4-12/h3-6,14-15H,7-11H2,1-2H3,(H,20,22)/t14-,15+/m0/s1. The van der Waals surface area contributed by atoms with E-state index in [2.05, 4.69) is 5.32 Å². The van der Waals surface area contributed by atoms with Crippen LogP contribution in [0.2, 0.25) is 0 Å². The van der Waals surface area contributed by atoms with E-state index in [-0.39, 0.29) is 29.5 Å². The van der Waals surface area contributed by atoms with Crippen molar-refractivity contribution in [2.75, 3.05) is 27.3 Å². The van der Waals surface area contributed by atoms with Crippen molar-refractivity contribution in [2.45, 2.75) is 24.8 Å². The molecule has 2 fully saturated rings. The maximum absolute atomic E-state index is 13.2. The molecule has 1 saturated carbocycles. The molecule has 0 bridgehead atoms. The minimum Gasteiger partial charge on any atom is -0.381 e. The second-order valence-corrected chi connectivity index (χ2v) is 6.87. The van der Waals surface area contributed by atoms with Gasteiger partial charge in [-0.3, -0.25) is 9.59 Å². The van der Waals surface area contributed by atoms with Gasteiger partial charge in [0.2, 0.25) is 11.8 Å². The summed E-state index contributed by atoms with van der Waals surface area (Å²) in [6, 6.07) is 6.26. The first kappa shape index (κ1) is 16.9. The smallest absolute Gasteiger partial charge is 0.225 e. The Kier molecular flexibility index (Phi) is 4.58. The van der Waals surface area contributed by atoms with Gasteiger partial charge >= 0.3 is 0 Å². The molecule has 1 aromatic carbocycles. The van der Waals surface area contributed by atoms with E-state index in [0.717, 1.165) is 5.56 Å². The molecule has 0 aromatic heterocycles. The molecule has 0 unspecified atom stereocenters. The summed E-state index contributed by atoms with van der Waals surface area (Å²) in [5.74, 6) is -0.879. The van der Waals surface area contributed by atoms with Crippen LogP contribution < -0.4 is 5.32 Å². The van der Waals surface area contributed by atoms with Crippen LogP contribution in [0.4, 0.5) is 4.39 Å². The van der Waals surface area contributed by atoms with Crippen LogP contribution in [0.1, 0.15) is 24.8 Å². The Hall–Kier alpha value is -1.95. The van der Waals surface area contributed by atoms with Gasteiger partial charge in [-0.15, -0.1) is 0 Å². The number of benzene rings is 1. The molecule has 2 atom stereocenters. The zero-order valence-corrected chi connectivity index (χ0v) is 14.0. The van der Waals surface area contributed by atoms with E-state index < -0.39 is 5.54 Å². The summed E-state index contributed by atoms with van der Waals surface area (Å²) in [5.41, 5.74) is 0.342. The third kappa shape index (κ3) is 3.29. The number of carbonyl (C=O) groups is 2. The van der Waals surface area contributed by atoms with Crippen molar-refractivity contribution in [3.63, 3.8) is 0 Å². The zero-order valence-electron chi connectivity index (χ0n) is 14.0. The molecule has 1 heterocycles. The van der Waals surface area contributed by atoms with Gasteiger partial charge in [0.1, 0.15) is 5.82 Å². The lowest BCUT2D eigenvalue weighted by atomic mass is 9.82. The number of ether oxygens (including phenoxy) is 1. The second-order valence-electron chi connectivity index (χ2n) is 6.87. The van der Waals surface area contributed by atoms with Gasteiger partial charge in [0, 0.05) is 27.3 Å². The number of hydrogen-bond donors (Lipinski definition) is 1. The molecule has 6 heteroatoms. The molecule has 1 aliphatic heterocycles. The number of halogens is 1. The predicted octanol–water partition coefficient (Wildman–Crippen LogP) is 1.67. The number of carbonyl (C=O) groups excluding carboxylic acids is 2. The van der Waals surface area contributed by atoms with Crippen LogP contribution in [0.25, 0.3) is 0 Å². The number of nitrogens with one attached hydrogen (secondary N) is 1. The molecule has 130 valence electrons. The zero-order chi connectivity index (χ0) is 17.3. The maximum atomic E-state index is 13.2. The molecular weight excluding hydrogens is 311 g/mol. The van der Waals surface area contributed by atoms with Crippen LogP contribution in [0.15, 0.2) is 24.3 Å². The van der Waals surface area contributed by atoms with Crippen LogP contribution in [-0.2, 0) is 19.9 Å². The van der Waals surface area contributed by atoms with Gasteiger partial charge in [0.25, 0.3) is 0 Å². The summed E-state index contributed by atoms with van der Waals surface area (Å²) in [7, 11) is 3.40. The van der Waals surface area contributed by atoms with E-state index >= 15 is 0 Å². The van der Waals surface area contributed by atoms with Crippen molar-refractivity contribution in [3.8, 4) is 0 Å². The quantitative estimate of drug-likeness (QED) is 0.911. The fourth-order valence-corrected chi connectivity index (χ4v) is 3.39. The number of rotatable bonds is 4. The van der Waals surface area contributed by atoms with Crippen molar-refractivity contribution >= 4 is 11.8 Å². The van der Waals surface area contributed by atoms with E-state index in [1.807, 2.05) is 0 Å². The molecule has 1 aromatic rings. The van der Waals surface area contributed by atoms with E-state index in [9.17, 15) is 14.0 Å². The minimum absolute atomic E-state index is 0.00189. The number of amides is 2. The Morgan fingerprint density at radius 1 is 1.17 bits per heavy atom. The molecular formula is C18H23FN2O3. The molecule has 2 aliphatic rings. The topological polar surface area (TPSA) is 58.6 Å². The Balaban J connectivity index is 1.75. The average molecular weight is 334 g/mol. The average Bonchev–Trinajstić information content (AvgIpc) is 3.36. The first-order chi connectivity index (χ1) is 11.4. The molecule has 5 nitrogen and oxygen atoms in total. The largest absolute Gasteiger partial charge is 0.381 e. The van der Waals surface area contributed by atoms with Gasteiger partial charge in [0.15, 0.2) is 0 Å². The lowest BCUT2D eigenvalue weighted by Crippen LogP contribution is -2.50. The first-order valence-corrected chi connectivity index (χ1v) is 8.30. The van der Waals surface area contributed by atoms with Crippen molar-refractivity contribution < 1.29 is 18.7 Å². The highest BCUT2D eigenvalue weighted by Gasteiger charge is 2.50. The lowest BCUT2D eigenvalue weighted by molar-refractivity contribution is -0.133. The van der Waals surface area contributed by atoms with Crippen LogP contribution in [-0.4, -0.2) is 44.0 Å². The summed E-state index contributed by atoms with van der Waals surface area (Å²) in [6.07, 6.45) is 1.88. The lowest BCUT2D eigenvalue weighted by Gasteiger charge is -2.38. The van der Waals surface area contributed by atoms with Crippen molar-refractivity contribution in [2.24, 2.45) is 11.8 Å². The van der Waals surface area contributed by atoms with Gasteiger partial charge < -0.3 is 15.0 Å². The van der Waals surface area contributed by atoms with Crippen LogP contribution >= 0.6 is 0 Å².